The molecule has 1 aliphatic rings. The summed E-state index contributed by atoms with van der Waals surface area (Å²) in [6.07, 6.45) is 0.996. The molecular formula is C15H17BrN2O2S. The summed E-state index contributed by atoms with van der Waals surface area (Å²) in [5.74, 6) is 0.479. The number of carbonyl (C=O) groups excluding carboxylic acids is 1. The Balaban J connectivity index is 1.87. The monoisotopic (exact) mass is 368 g/mol. The van der Waals surface area contributed by atoms with Crippen molar-refractivity contribution in [2.24, 2.45) is 5.92 Å². The largest absolute Gasteiger partial charge is 0.397 e. The number of amides is 1. The van der Waals surface area contributed by atoms with E-state index in [0.717, 1.165) is 34.1 Å². The third-order valence-electron chi connectivity index (χ3n) is 3.86. The maximum atomic E-state index is 12.7. The van der Waals surface area contributed by atoms with Crippen LogP contribution in [0.5, 0.6) is 0 Å². The van der Waals surface area contributed by atoms with E-state index in [-0.39, 0.29) is 5.91 Å². The molecule has 1 saturated heterocycles. The average molecular weight is 369 g/mol. The van der Waals surface area contributed by atoms with Crippen LogP contribution in [0.15, 0.2) is 22.7 Å². The van der Waals surface area contributed by atoms with Gasteiger partial charge in [0.15, 0.2) is 0 Å². The van der Waals surface area contributed by atoms with Gasteiger partial charge in [-0.05, 0) is 24.6 Å². The molecule has 1 fully saturated rings. The number of halogens is 1. The second-order valence-electron chi connectivity index (χ2n) is 5.35. The zero-order valence-electron chi connectivity index (χ0n) is 11.8. The highest BCUT2D eigenvalue weighted by Crippen LogP contribution is 2.36. The van der Waals surface area contributed by atoms with Crippen LogP contribution in [0.25, 0.3) is 10.1 Å². The number of benzene rings is 1. The number of rotatable bonds is 3. The third kappa shape index (κ3) is 2.80. The first-order chi connectivity index (χ1) is 10.1. The highest BCUT2D eigenvalue weighted by Gasteiger charge is 2.29. The fraction of sp³-hybridized carbons (Fsp3) is 0.400. The van der Waals surface area contributed by atoms with Gasteiger partial charge in [-0.25, -0.2) is 0 Å². The molecule has 0 bridgehead atoms. The third-order valence-corrected chi connectivity index (χ3v) is 5.53. The van der Waals surface area contributed by atoms with E-state index in [0.29, 0.717) is 23.1 Å². The number of likely N-dealkylation sites (tertiary alicyclic amines) is 1. The fourth-order valence-electron chi connectivity index (χ4n) is 2.78. The zero-order valence-corrected chi connectivity index (χ0v) is 14.2. The van der Waals surface area contributed by atoms with Crippen molar-refractivity contribution in [1.29, 1.82) is 0 Å². The van der Waals surface area contributed by atoms with Gasteiger partial charge in [-0.3, -0.25) is 4.79 Å². The molecular weight excluding hydrogens is 352 g/mol. The van der Waals surface area contributed by atoms with Crippen LogP contribution in [0.2, 0.25) is 0 Å². The molecule has 1 amide bonds. The van der Waals surface area contributed by atoms with Crippen molar-refractivity contribution in [3.05, 3.63) is 27.5 Å². The topological polar surface area (TPSA) is 55.6 Å². The molecule has 0 spiro atoms. The maximum absolute atomic E-state index is 12.7. The minimum atomic E-state index is 0.0448. The Hall–Kier alpha value is -1.11. The smallest absolute Gasteiger partial charge is 0.266 e. The Morgan fingerprint density at radius 1 is 1.57 bits per heavy atom. The summed E-state index contributed by atoms with van der Waals surface area (Å²) in [6, 6.07) is 5.93. The van der Waals surface area contributed by atoms with Crippen LogP contribution in [0.4, 0.5) is 5.69 Å². The quantitative estimate of drug-likeness (QED) is 0.903. The van der Waals surface area contributed by atoms with E-state index in [4.69, 9.17) is 10.5 Å². The molecule has 1 aliphatic heterocycles. The standard InChI is InChI=1S/C15H17BrN2O2S/c1-20-8-9-4-5-18(7-9)15(19)14-13(17)11-6-10(16)2-3-12(11)21-14/h2-3,6,9H,4-5,7-8,17H2,1H3. The van der Waals surface area contributed by atoms with Gasteiger partial charge in [0.05, 0.1) is 12.3 Å². The van der Waals surface area contributed by atoms with Gasteiger partial charge in [0.1, 0.15) is 4.88 Å². The maximum Gasteiger partial charge on any atom is 0.266 e. The lowest BCUT2D eigenvalue weighted by Crippen LogP contribution is -2.29. The zero-order chi connectivity index (χ0) is 15.0. The average Bonchev–Trinajstić information content (AvgIpc) is 3.05. The summed E-state index contributed by atoms with van der Waals surface area (Å²) < 4.78 is 7.20. The second kappa shape index (κ2) is 5.94. The molecule has 2 aromatic rings. The van der Waals surface area contributed by atoms with E-state index < -0.39 is 0 Å². The Kier molecular flexibility index (Phi) is 4.19. The normalized spacial score (nSPS) is 18.6. The molecule has 1 atom stereocenters. The second-order valence-corrected chi connectivity index (χ2v) is 7.31. The minimum absolute atomic E-state index is 0.0448. The molecule has 0 saturated carbocycles. The van der Waals surface area contributed by atoms with Gasteiger partial charge in [-0.15, -0.1) is 11.3 Å². The summed E-state index contributed by atoms with van der Waals surface area (Å²) in [4.78, 5) is 15.2. The minimum Gasteiger partial charge on any atom is -0.397 e. The number of thiophene rings is 1. The predicted octanol–water partition coefficient (Wildman–Crippen LogP) is 3.35. The van der Waals surface area contributed by atoms with Gasteiger partial charge in [0.25, 0.3) is 5.91 Å². The Bertz CT molecular complexity index is 686. The molecule has 3 rings (SSSR count). The highest BCUT2D eigenvalue weighted by atomic mass is 79.9. The van der Waals surface area contributed by atoms with Crippen molar-refractivity contribution < 1.29 is 9.53 Å². The molecule has 1 unspecified atom stereocenters. The van der Waals surface area contributed by atoms with Gasteiger partial charge >= 0.3 is 0 Å². The summed E-state index contributed by atoms with van der Waals surface area (Å²) in [5, 5.41) is 0.949. The molecule has 4 nitrogen and oxygen atoms in total. The summed E-state index contributed by atoms with van der Waals surface area (Å²) in [6.45, 7) is 2.24. The van der Waals surface area contributed by atoms with Crippen LogP contribution in [-0.2, 0) is 4.74 Å². The van der Waals surface area contributed by atoms with E-state index in [1.54, 1.807) is 7.11 Å². The first-order valence-electron chi connectivity index (χ1n) is 6.86. The van der Waals surface area contributed by atoms with Crippen molar-refractivity contribution in [3.8, 4) is 0 Å². The molecule has 0 radical (unpaired) electrons. The molecule has 112 valence electrons. The van der Waals surface area contributed by atoms with Gasteiger partial charge in [-0.1, -0.05) is 15.9 Å². The van der Waals surface area contributed by atoms with Gasteiger partial charge in [-0.2, -0.15) is 0 Å². The molecule has 6 heteroatoms. The van der Waals surface area contributed by atoms with Crippen molar-refractivity contribution in [3.63, 3.8) is 0 Å². The number of ether oxygens (including phenoxy) is 1. The molecule has 1 aromatic carbocycles. The van der Waals surface area contributed by atoms with Crippen molar-refractivity contribution >= 4 is 48.9 Å². The van der Waals surface area contributed by atoms with E-state index in [1.165, 1.54) is 11.3 Å². The number of methoxy groups -OCH3 is 1. The summed E-state index contributed by atoms with van der Waals surface area (Å²) >= 11 is 4.92. The van der Waals surface area contributed by atoms with Crippen LogP contribution < -0.4 is 5.73 Å². The molecule has 2 N–H and O–H groups in total. The lowest BCUT2D eigenvalue weighted by molar-refractivity contribution is 0.0781. The Morgan fingerprint density at radius 2 is 2.38 bits per heavy atom. The number of nitrogens with zero attached hydrogens (tertiary/aromatic N) is 1. The lowest BCUT2D eigenvalue weighted by atomic mass is 10.1. The SMILES string of the molecule is COCC1CCN(C(=O)c2sc3ccc(Br)cc3c2N)C1. The first-order valence-corrected chi connectivity index (χ1v) is 8.47. The van der Waals surface area contributed by atoms with Crippen LogP contribution in [0.3, 0.4) is 0 Å². The van der Waals surface area contributed by atoms with Crippen LogP contribution in [0, 0.1) is 5.92 Å². The van der Waals surface area contributed by atoms with Crippen LogP contribution in [-0.4, -0.2) is 37.6 Å². The van der Waals surface area contributed by atoms with E-state index in [1.807, 2.05) is 23.1 Å². The van der Waals surface area contributed by atoms with E-state index >= 15 is 0 Å². The van der Waals surface area contributed by atoms with E-state index in [2.05, 4.69) is 15.9 Å². The Morgan fingerprint density at radius 3 is 3.14 bits per heavy atom. The van der Waals surface area contributed by atoms with Crippen LogP contribution >= 0.6 is 27.3 Å². The number of hydrogen-bond acceptors (Lipinski definition) is 4. The number of anilines is 1. The number of nitrogens with two attached hydrogens (primary N) is 1. The number of fused-ring (bicyclic) bond motifs is 1. The summed E-state index contributed by atoms with van der Waals surface area (Å²) in [5.41, 5.74) is 6.78. The number of hydrogen-bond donors (Lipinski definition) is 1. The lowest BCUT2D eigenvalue weighted by Gasteiger charge is -2.15. The van der Waals surface area contributed by atoms with Crippen molar-refractivity contribution in [2.45, 2.75) is 6.42 Å². The number of nitrogen functional groups attached to an aromatic ring is 1. The first kappa shape index (κ1) is 14.8. The molecule has 21 heavy (non-hydrogen) atoms. The van der Waals surface area contributed by atoms with Gasteiger partial charge in [0, 0.05) is 40.7 Å². The highest BCUT2D eigenvalue weighted by molar-refractivity contribution is 9.10. The van der Waals surface area contributed by atoms with Crippen LogP contribution in [0.1, 0.15) is 16.1 Å². The number of carbonyl (C=O) groups is 1. The molecule has 1 aromatic heterocycles. The molecule has 2 heterocycles. The van der Waals surface area contributed by atoms with E-state index in [9.17, 15) is 4.79 Å². The predicted molar refractivity (Wildman–Crippen MR) is 89.8 cm³/mol. The summed E-state index contributed by atoms with van der Waals surface area (Å²) in [7, 11) is 1.70. The Labute approximate surface area is 136 Å². The van der Waals surface area contributed by atoms with Gasteiger partial charge in [0.2, 0.25) is 0 Å². The fourth-order valence-corrected chi connectivity index (χ4v) is 4.21. The van der Waals surface area contributed by atoms with Crippen molar-refractivity contribution in [1.82, 2.24) is 4.90 Å². The molecule has 0 aliphatic carbocycles. The van der Waals surface area contributed by atoms with Gasteiger partial charge < -0.3 is 15.4 Å². The van der Waals surface area contributed by atoms with Crippen molar-refractivity contribution in [2.75, 3.05) is 32.5 Å².